The lowest BCUT2D eigenvalue weighted by molar-refractivity contribution is -0.141. The predicted octanol–water partition coefficient (Wildman–Crippen LogP) is 4.10. The Balaban J connectivity index is 1.73. The van der Waals surface area contributed by atoms with Crippen molar-refractivity contribution in [2.45, 2.75) is 25.7 Å². The van der Waals surface area contributed by atoms with Crippen molar-refractivity contribution in [3.63, 3.8) is 0 Å². The quantitative estimate of drug-likeness (QED) is 0.507. The minimum Gasteiger partial charge on any atom is -0.345 e. The van der Waals surface area contributed by atoms with E-state index in [0.29, 0.717) is 6.54 Å². The fourth-order valence-corrected chi connectivity index (χ4v) is 2.74. The molecule has 1 atom stereocenters. The normalized spacial score (nSPS) is 12.3. The maximum atomic E-state index is 13.5. The molecule has 0 spiro atoms. The first-order valence-corrected chi connectivity index (χ1v) is 9.17. The second kappa shape index (κ2) is 9.36. The molecule has 0 aliphatic rings. The van der Waals surface area contributed by atoms with E-state index in [1.54, 1.807) is 31.2 Å². The van der Waals surface area contributed by atoms with Crippen LogP contribution in [-0.2, 0) is 12.7 Å². The van der Waals surface area contributed by atoms with Gasteiger partial charge in [0.25, 0.3) is 5.91 Å². The minimum absolute atomic E-state index is 0.286. The number of nitrogens with one attached hydrogen (secondary N) is 3. The summed E-state index contributed by atoms with van der Waals surface area (Å²) in [6.45, 7) is 2.03. The van der Waals surface area contributed by atoms with E-state index in [0.717, 1.165) is 17.3 Å². The molecule has 3 aromatic rings. The summed E-state index contributed by atoms with van der Waals surface area (Å²) in [7, 11) is 0. The lowest BCUT2D eigenvalue weighted by Gasteiger charge is -2.17. The summed E-state index contributed by atoms with van der Waals surface area (Å²) in [4.78, 5) is 19.8. The molecule has 156 valence electrons. The predicted molar refractivity (Wildman–Crippen MR) is 106 cm³/mol. The highest BCUT2D eigenvalue weighted by molar-refractivity contribution is 5.95. The molecule has 3 rings (SSSR count). The number of aromatic nitrogens is 2. The number of anilines is 1. The number of alkyl halides is 3. The molecule has 1 aromatic heterocycles. The van der Waals surface area contributed by atoms with Crippen molar-refractivity contribution in [1.29, 1.82) is 0 Å². The second-order valence-electron chi connectivity index (χ2n) is 6.52. The standard InChI is InChI=1S/C21H20F3N5O/c1-14(16-10-6-3-7-11-16)27-19(30)17-13-25-20(28-18(17)21(22,23)24)29-26-12-15-8-4-2-5-9-15/h2-11,13-14,26H,12H2,1H3,(H,27,30)(H,25,28,29). The van der Waals surface area contributed by atoms with Crippen LogP contribution >= 0.6 is 0 Å². The Morgan fingerprint density at radius 2 is 1.67 bits per heavy atom. The van der Waals surface area contributed by atoms with Gasteiger partial charge in [0.1, 0.15) is 0 Å². The maximum absolute atomic E-state index is 13.5. The van der Waals surface area contributed by atoms with Crippen LogP contribution in [0.15, 0.2) is 66.9 Å². The minimum atomic E-state index is -4.82. The lowest BCUT2D eigenvalue weighted by atomic mass is 10.1. The number of hydrazine groups is 1. The molecule has 2 aromatic carbocycles. The third-order valence-electron chi connectivity index (χ3n) is 4.28. The molecule has 9 heteroatoms. The zero-order chi connectivity index (χ0) is 21.6. The van der Waals surface area contributed by atoms with Crippen LogP contribution < -0.4 is 16.2 Å². The second-order valence-corrected chi connectivity index (χ2v) is 6.52. The third-order valence-corrected chi connectivity index (χ3v) is 4.28. The van der Waals surface area contributed by atoms with Gasteiger partial charge in [-0.3, -0.25) is 10.2 Å². The van der Waals surface area contributed by atoms with Crippen molar-refractivity contribution in [2.24, 2.45) is 0 Å². The van der Waals surface area contributed by atoms with Gasteiger partial charge in [-0.1, -0.05) is 60.7 Å². The van der Waals surface area contributed by atoms with Crippen LogP contribution in [0.3, 0.4) is 0 Å². The molecular weight excluding hydrogens is 395 g/mol. The Labute approximate surface area is 171 Å². The average Bonchev–Trinajstić information content (AvgIpc) is 2.74. The number of benzene rings is 2. The Bertz CT molecular complexity index is 981. The Kier molecular flexibility index (Phi) is 6.63. The molecular formula is C21H20F3N5O. The molecule has 0 fully saturated rings. The fraction of sp³-hybridized carbons (Fsp3) is 0.190. The molecule has 0 saturated carbocycles. The topological polar surface area (TPSA) is 78.9 Å². The molecule has 30 heavy (non-hydrogen) atoms. The van der Waals surface area contributed by atoms with Crippen LogP contribution in [0.1, 0.15) is 40.1 Å². The van der Waals surface area contributed by atoms with Crippen LogP contribution in [-0.4, -0.2) is 15.9 Å². The monoisotopic (exact) mass is 415 g/mol. The number of carbonyl (C=O) groups is 1. The number of carbonyl (C=O) groups excluding carboxylic acids is 1. The Morgan fingerprint density at radius 1 is 1.03 bits per heavy atom. The summed E-state index contributed by atoms with van der Waals surface area (Å²) in [6, 6.07) is 17.7. The molecule has 0 bridgehead atoms. The highest BCUT2D eigenvalue weighted by Crippen LogP contribution is 2.31. The number of amides is 1. The fourth-order valence-electron chi connectivity index (χ4n) is 2.74. The summed E-state index contributed by atoms with van der Waals surface area (Å²) < 4.78 is 40.6. The molecule has 0 saturated heterocycles. The van der Waals surface area contributed by atoms with E-state index in [1.807, 2.05) is 36.4 Å². The van der Waals surface area contributed by atoms with Crippen molar-refractivity contribution >= 4 is 11.9 Å². The van der Waals surface area contributed by atoms with Crippen LogP contribution in [0, 0.1) is 0 Å². The van der Waals surface area contributed by atoms with Crippen molar-refractivity contribution in [1.82, 2.24) is 20.7 Å². The third kappa shape index (κ3) is 5.54. The van der Waals surface area contributed by atoms with Crippen molar-refractivity contribution < 1.29 is 18.0 Å². The van der Waals surface area contributed by atoms with Gasteiger partial charge in [0.15, 0.2) is 5.69 Å². The zero-order valence-electron chi connectivity index (χ0n) is 16.1. The SMILES string of the molecule is CC(NC(=O)c1cnc(NNCc2ccccc2)nc1C(F)(F)F)c1ccccc1. The van der Waals surface area contributed by atoms with Gasteiger partial charge in [-0.15, -0.1) is 0 Å². The summed E-state index contributed by atoms with van der Waals surface area (Å²) >= 11 is 0. The van der Waals surface area contributed by atoms with E-state index in [1.165, 1.54) is 0 Å². The van der Waals surface area contributed by atoms with Gasteiger partial charge in [0.05, 0.1) is 11.6 Å². The van der Waals surface area contributed by atoms with E-state index in [4.69, 9.17) is 0 Å². The van der Waals surface area contributed by atoms with E-state index in [-0.39, 0.29) is 5.95 Å². The molecule has 1 amide bonds. The van der Waals surface area contributed by atoms with Crippen LogP contribution in [0.25, 0.3) is 0 Å². The van der Waals surface area contributed by atoms with Crippen molar-refractivity contribution in [3.8, 4) is 0 Å². The maximum Gasteiger partial charge on any atom is 0.434 e. The van der Waals surface area contributed by atoms with Gasteiger partial charge in [-0.05, 0) is 18.1 Å². The largest absolute Gasteiger partial charge is 0.434 e. The first kappa shape index (κ1) is 21.3. The first-order chi connectivity index (χ1) is 14.3. The number of hydrogen-bond acceptors (Lipinski definition) is 5. The highest BCUT2D eigenvalue weighted by atomic mass is 19.4. The summed E-state index contributed by atoms with van der Waals surface area (Å²) in [5, 5.41) is 2.55. The van der Waals surface area contributed by atoms with Crippen molar-refractivity contribution in [2.75, 3.05) is 5.43 Å². The summed E-state index contributed by atoms with van der Waals surface area (Å²) in [6.07, 6.45) is -3.95. The number of rotatable bonds is 7. The van der Waals surface area contributed by atoms with Gasteiger partial charge in [-0.2, -0.15) is 13.2 Å². The van der Waals surface area contributed by atoms with Gasteiger partial charge >= 0.3 is 6.18 Å². The van der Waals surface area contributed by atoms with Gasteiger partial charge in [0.2, 0.25) is 5.95 Å². The average molecular weight is 415 g/mol. The number of hydrogen-bond donors (Lipinski definition) is 3. The molecule has 1 unspecified atom stereocenters. The smallest absolute Gasteiger partial charge is 0.345 e. The zero-order valence-corrected chi connectivity index (χ0v) is 16.1. The molecule has 0 aliphatic heterocycles. The van der Waals surface area contributed by atoms with Crippen LogP contribution in [0.2, 0.25) is 0 Å². The van der Waals surface area contributed by atoms with Crippen LogP contribution in [0.4, 0.5) is 19.1 Å². The molecule has 6 nitrogen and oxygen atoms in total. The van der Waals surface area contributed by atoms with Crippen LogP contribution in [0.5, 0.6) is 0 Å². The summed E-state index contributed by atoms with van der Waals surface area (Å²) in [5.41, 5.74) is 5.03. The Hall–Kier alpha value is -3.46. The molecule has 1 heterocycles. The van der Waals surface area contributed by atoms with Crippen molar-refractivity contribution in [3.05, 3.63) is 89.2 Å². The van der Waals surface area contributed by atoms with Gasteiger partial charge in [0, 0.05) is 12.7 Å². The molecule has 3 N–H and O–H groups in total. The number of halogens is 3. The van der Waals surface area contributed by atoms with Gasteiger partial charge < -0.3 is 5.32 Å². The summed E-state index contributed by atoms with van der Waals surface area (Å²) in [5.74, 6) is -1.19. The molecule has 0 aliphatic carbocycles. The first-order valence-electron chi connectivity index (χ1n) is 9.17. The van der Waals surface area contributed by atoms with Gasteiger partial charge in [-0.25, -0.2) is 15.4 Å². The highest BCUT2D eigenvalue weighted by Gasteiger charge is 2.38. The Morgan fingerprint density at radius 3 is 2.30 bits per heavy atom. The molecule has 0 radical (unpaired) electrons. The van der Waals surface area contributed by atoms with E-state index >= 15 is 0 Å². The lowest BCUT2D eigenvalue weighted by Crippen LogP contribution is -2.30. The van der Waals surface area contributed by atoms with E-state index < -0.39 is 29.4 Å². The van der Waals surface area contributed by atoms with E-state index in [9.17, 15) is 18.0 Å². The van der Waals surface area contributed by atoms with E-state index in [2.05, 4.69) is 26.1 Å². The number of nitrogens with zero attached hydrogens (tertiary/aromatic N) is 2.